The molecule has 0 unspecified atom stereocenters. The topological polar surface area (TPSA) is 33.1 Å². The lowest BCUT2D eigenvalue weighted by molar-refractivity contribution is 0.322. The monoisotopic (exact) mass is 219 g/mol. The van der Waals surface area contributed by atoms with Crippen LogP contribution in [0.3, 0.4) is 0 Å². The molecule has 1 N–H and O–H groups in total. The molecule has 1 heterocycles. The molecule has 0 spiro atoms. The predicted molar refractivity (Wildman–Crippen MR) is 59.6 cm³/mol. The number of pyridine rings is 1. The molecule has 1 aromatic heterocycles. The number of aliphatic hydroxyl groups is 1. The second-order valence-corrected chi connectivity index (χ2v) is 3.63. The molecule has 1 aromatic rings. The first kappa shape index (κ1) is 12.8. The Balaban J connectivity index is 0.00000144. The summed E-state index contributed by atoms with van der Waals surface area (Å²) in [4.78, 5) is 4.20. The van der Waals surface area contributed by atoms with Crippen molar-refractivity contribution in [3.63, 3.8) is 0 Å². The van der Waals surface area contributed by atoms with Gasteiger partial charge in [-0.15, -0.1) is 12.4 Å². The predicted octanol–water partition coefficient (Wildman–Crippen LogP) is 1.77. The van der Waals surface area contributed by atoms with Crippen molar-refractivity contribution in [2.24, 2.45) is 0 Å². The van der Waals surface area contributed by atoms with E-state index in [1.165, 1.54) is 0 Å². The van der Waals surface area contributed by atoms with E-state index in [4.69, 9.17) is 5.11 Å². The van der Waals surface area contributed by atoms with Crippen molar-refractivity contribution in [2.75, 3.05) is 18.1 Å². The highest BCUT2D eigenvalue weighted by Crippen LogP contribution is 2.03. The fourth-order valence-corrected chi connectivity index (χ4v) is 1.58. The zero-order chi connectivity index (χ0) is 8.65. The molecule has 13 heavy (non-hydrogen) atoms. The van der Waals surface area contributed by atoms with E-state index in [2.05, 4.69) is 4.98 Å². The van der Waals surface area contributed by atoms with Gasteiger partial charge in [0.25, 0.3) is 0 Å². The van der Waals surface area contributed by atoms with Crippen molar-refractivity contribution < 1.29 is 5.11 Å². The van der Waals surface area contributed by atoms with Crippen molar-refractivity contribution >= 4 is 24.2 Å². The van der Waals surface area contributed by atoms with Gasteiger partial charge < -0.3 is 5.11 Å². The van der Waals surface area contributed by atoms with E-state index in [0.29, 0.717) is 0 Å². The second kappa shape index (κ2) is 8.35. The van der Waals surface area contributed by atoms with E-state index >= 15 is 0 Å². The third-order valence-corrected chi connectivity index (χ3v) is 2.43. The lowest BCUT2D eigenvalue weighted by Crippen LogP contribution is -1.94. The molecule has 0 amide bonds. The highest BCUT2D eigenvalue weighted by molar-refractivity contribution is 7.99. The van der Waals surface area contributed by atoms with Crippen LogP contribution < -0.4 is 0 Å². The van der Waals surface area contributed by atoms with E-state index < -0.39 is 0 Å². The molecule has 0 saturated carbocycles. The maximum Gasteiger partial charge on any atom is 0.0521 e. The van der Waals surface area contributed by atoms with Gasteiger partial charge in [-0.25, -0.2) is 0 Å². The van der Waals surface area contributed by atoms with E-state index in [1.54, 1.807) is 11.8 Å². The summed E-state index contributed by atoms with van der Waals surface area (Å²) in [6.45, 7) is 0.271. The highest BCUT2D eigenvalue weighted by Gasteiger charge is 1.92. The maximum atomic E-state index is 8.53. The fourth-order valence-electron chi connectivity index (χ4n) is 0.889. The number of aromatic nitrogens is 1. The largest absolute Gasteiger partial charge is 0.396 e. The van der Waals surface area contributed by atoms with Crippen LogP contribution in [-0.2, 0) is 6.42 Å². The molecule has 0 aliphatic heterocycles. The molecule has 0 aliphatic rings. The van der Waals surface area contributed by atoms with Crippen molar-refractivity contribution in [1.29, 1.82) is 0 Å². The minimum absolute atomic E-state index is 0. The Morgan fingerprint density at radius 3 is 2.77 bits per heavy atom. The van der Waals surface area contributed by atoms with Crippen LogP contribution >= 0.6 is 24.2 Å². The smallest absolute Gasteiger partial charge is 0.0521 e. The van der Waals surface area contributed by atoms with Crippen LogP contribution in [0.2, 0.25) is 0 Å². The summed E-state index contributed by atoms with van der Waals surface area (Å²) >= 11 is 1.76. The molecule has 0 aliphatic carbocycles. The first-order valence-corrected chi connectivity index (χ1v) is 5.17. The average molecular weight is 220 g/mol. The fraction of sp³-hybridized carbons (Fsp3) is 0.444. The zero-order valence-corrected chi connectivity index (χ0v) is 8.98. The summed E-state index contributed by atoms with van der Waals surface area (Å²) in [5.41, 5.74) is 1.13. The average Bonchev–Trinajstić information content (AvgIpc) is 2.14. The number of aryl methyl sites for hydroxylation is 1. The first-order chi connectivity index (χ1) is 5.93. The summed E-state index contributed by atoms with van der Waals surface area (Å²) in [7, 11) is 0. The molecule has 0 saturated heterocycles. The third-order valence-electron chi connectivity index (χ3n) is 1.46. The summed E-state index contributed by atoms with van der Waals surface area (Å²) < 4.78 is 0. The van der Waals surface area contributed by atoms with Crippen molar-refractivity contribution in [3.05, 3.63) is 30.1 Å². The van der Waals surface area contributed by atoms with Crippen molar-refractivity contribution in [2.45, 2.75) is 6.42 Å². The van der Waals surface area contributed by atoms with Crippen molar-refractivity contribution in [3.8, 4) is 0 Å². The Kier molecular flexibility index (Phi) is 8.19. The van der Waals surface area contributed by atoms with Gasteiger partial charge in [-0.05, 0) is 24.3 Å². The number of rotatable bonds is 5. The summed E-state index contributed by atoms with van der Waals surface area (Å²) in [5.74, 6) is 1.87. The molecule has 4 heteroatoms. The maximum absolute atomic E-state index is 8.53. The molecule has 2 nitrogen and oxygen atoms in total. The summed E-state index contributed by atoms with van der Waals surface area (Å²) in [6.07, 6.45) is 2.80. The second-order valence-electron chi connectivity index (χ2n) is 2.41. The van der Waals surface area contributed by atoms with Crippen LogP contribution in [0.4, 0.5) is 0 Å². The molecule has 0 atom stereocenters. The lowest BCUT2D eigenvalue weighted by Gasteiger charge is -1.98. The Labute approximate surface area is 89.2 Å². The third kappa shape index (κ3) is 5.91. The van der Waals surface area contributed by atoms with Crippen LogP contribution in [0.1, 0.15) is 5.69 Å². The minimum Gasteiger partial charge on any atom is -0.396 e. The number of hydrogen-bond donors (Lipinski definition) is 1. The molecule has 74 valence electrons. The SMILES string of the molecule is Cl.OCCSCCc1ccccn1. The minimum atomic E-state index is 0. The summed E-state index contributed by atoms with van der Waals surface area (Å²) in [5, 5.41) is 8.53. The van der Waals surface area contributed by atoms with Gasteiger partial charge >= 0.3 is 0 Å². The van der Waals surface area contributed by atoms with Gasteiger partial charge in [-0.1, -0.05) is 6.07 Å². The number of nitrogens with zero attached hydrogens (tertiary/aromatic N) is 1. The van der Waals surface area contributed by atoms with E-state index in [9.17, 15) is 0 Å². The first-order valence-electron chi connectivity index (χ1n) is 4.02. The Morgan fingerprint density at radius 2 is 2.15 bits per heavy atom. The number of aliphatic hydroxyl groups excluding tert-OH is 1. The normalized spacial score (nSPS) is 9.31. The van der Waals surface area contributed by atoms with Gasteiger partial charge in [-0.3, -0.25) is 4.98 Å². The van der Waals surface area contributed by atoms with Gasteiger partial charge in [0.15, 0.2) is 0 Å². The highest BCUT2D eigenvalue weighted by atomic mass is 35.5. The number of thioether (sulfide) groups is 1. The lowest BCUT2D eigenvalue weighted by atomic mass is 10.3. The molecule has 1 rings (SSSR count). The van der Waals surface area contributed by atoms with Gasteiger partial charge in [0, 0.05) is 17.6 Å². The van der Waals surface area contributed by atoms with Gasteiger partial charge in [-0.2, -0.15) is 11.8 Å². The Bertz CT molecular complexity index is 208. The number of halogens is 1. The molecule has 0 fully saturated rings. The van der Waals surface area contributed by atoms with Crippen molar-refractivity contribution in [1.82, 2.24) is 4.98 Å². The van der Waals surface area contributed by atoms with Crippen LogP contribution in [0.25, 0.3) is 0 Å². The Morgan fingerprint density at radius 1 is 1.31 bits per heavy atom. The summed E-state index contributed by atoms with van der Waals surface area (Å²) in [6, 6.07) is 5.95. The Hall–Kier alpha value is -0.250. The quantitative estimate of drug-likeness (QED) is 0.767. The van der Waals surface area contributed by atoms with E-state index in [-0.39, 0.29) is 19.0 Å². The van der Waals surface area contributed by atoms with Crippen LogP contribution in [-0.4, -0.2) is 28.2 Å². The molecular formula is C9H14ClNOS. The molecular weight excluding hydrogens is 206 g/mol. The van der Waals surface area contributed by atoms with Gasteiger partial charge in [0.05, 0.1) is 6.61 Å². The van der Waals surface area contributed by atoms with Crippen LogP contribution in [0.15, 0.2) is 24.4 Å². The molecule has 0 bridgehead atoms. The molecule has 0 radical (unpaired) electrons. The standard InChI is InChI=1S/C9H13NOS.ClH/c11-6-8-12-7-4-9-3-1-2-5-10-9;/h1-3,5,11H,4,6-8H2;1H. The van der Waals surface area contributed by atoms with Crippen LogP contribution in [0.5, 0.6) is 0 Å². The van der Waals surface area contributed by atoms with Gasteiger partial charge in [0.2, 0.25) is 0 Å². The number of hydrogen-bond acceptors (Lipinski definition) is 3. The van der Waals surface area contributed by atoms with E-state index in [0.717, 1.165) is 23.6 Å². The molecule has 0 aromatic carbocycles. The van der Waals surface area contributed by atoms with E-state index in [1.807, 2.05) is 24.4 Å². The van der Waals surface area contributed by atoms with Gasteiger partial charge in [0.1, 0.15) is 0 Å². The zero-order valence-electron chi connectivity index (χ0n) is 7.35. The van der Waals surface area contributed by atoms with Crippen LogP contribution in [0, 0.1) is 0 Å².